The summed E-state index contributed by atoms with van der Waals surface area (Å²) in [7, 11) is 0. The Balaban J connectivity index is 2.53. The van der Waals surface area contributed by atoms with Crippen molar-refractivity contribution in [2.24, 2.45) is 0 Å². The predicted octanol–water partition coefficient (Wildman–Crippen LogP) is 2.57. The normalized spacial score (nSPS) is 17.6. The molecule has 0 aromatic carbocycles. The summed E-state index contributed by atoms with van der Waals surface area (Å²) >= 11 is 0. The molecule has 0 aromatic rings. The summed E-state index contributed by atoms with van der Waals surface area (Å²) in [4.78, 5) is 13.3. The zero-order chi connectivity index (χ0) is 10.7. The highest BCUT2D eigenvalue weighted by Crippen LogP contribution is 2.17. The van der Waals surface area contributed by atoms with E-state index in [0.29, 0.717) is 0 Å². The lowest BCUT2D eigenvalue weighted by Gasteiger charge is -2.28. The Kier molecular flexibility index (Phi) is 3.55. The maximum absolute atomic E-state index is 11.5. The SMILES string of the molecule is CC1=C(C)CN(C(=O)OC(C)C)CC1. The number of nitrogens with zero attached hydrogens (tertiary/aromatic N) is 1. The second kappa shape index (κ2) is 4.49. The largest absolute Gasteiger partial charge is 0.447 e. The minimum absolute atomic E-state index is 0.0326. The number of carbonyl (C=O) groups excluding carboxylic acids is 1. The van der Waals surface area contributed by atoms with Crippen molar-refractivity contribution < 1.29 is 9.53 Å². The molecule has 3 heteroatoms. The summed E-state index contributed by atoms with van der Waals surface area (Å²) < 4.78 is 5.14. The molecule has 0 unspecified atom stereocenters. The first-order chi connectivity index (χ1) is 6.50. The summed E-state index contributed by atoms with van der Waals surface area (Å²) in [6.45, 7) is 9.45. The molecule has 0 atom stereocenters. The van der Waals surface area contributed by atoms with Gasteiger partial charge in [-0.15, -0.1) is 0 Å². The highest BCUT2D eigenvalue weighted by Gasteiger charge is 2.20. The third-order valence-electron chi connectivity index (χ3n) is 2.51. The number of carbonyl (C=O) groups is 1. The molecule has 0 bridgehead atoms. The standard InChI is InChI=1S/C11H19NO2/c1-8(2)14-11(13)12-6-5-9(3)10(4)7-12/h8H,5-7H2,1-4H3. The van der Waals surface area contributed by atoms with E-state index in [0.717, 1.165) is 19.5 Å². The molecule has 0 radical (unpaired) electrons. The predicted molar refractivity (Wildman–Crippen MR) is 56.2 cm³/mol. The van der Waals surface area contributed by atoms with Crippen LogP contribution in [-0.4, -0.2) is 30.2 Å². The van der Waals surface area contributed by atoms with Gasteiger partial charge in [-0.05, 0) is 34.1 Å². The Morgan fingerprint density at radius 2 is 2.00 bits per heavy atom. The quantitative estimate of drug-likeness (QED) is 0.605. The van der Waals surface area contributed by atoms with Gasteiger partial charge in [0.15, 0.2) is 0 Å². The van der Waals surface area contributed by atoms with Crippen molar-refractivity contribution >= 4 is 6.09 Å². The van der Waals surface area contributed by atoms with Crippen LogP contribution < -0.4 is 0 Å². The molecule has 0 spiro atoms. The first-order valence-corrected chi connectivity index (χ1v) is 5.11. The fraction of sp³-hybridized carbons (Fsp3) is 0.727. The fourth-order valence-electron chi connectivity index (χ4n) is 1.45. The number of ether oxygens (including phenoxy) is 1. The lowest BCUT2D eigenvalue weighted by atomic mass is 10.0. The summed E-state index contributed by atoms with van der Waals surface area (Å²) in [5.74, 6) is 0. The number of hydrogen-bond donors (Lipinski definition) is 0. The van der Waals surface area contributed by atoms with Gasteiger partial charge in [-0.3, -0.25) is 0 Å². The fourth-order valence-corrected chi connectivity index (χ4v) is 1.45. The molecule has 0 N–H and O–H groups in total. The van der Waals surface area contributed by atoms with Crippen LogP contribution in [0.25, 0.3) is 0 Å². The molecule has 3 nitrogen and oxygen atoms in total. The zero-order valence-electron chi connectivity index (χ0n) is 9.46. The molecule has 1 amide bonds. The van der Waals surface area contributed by atoms with Crippen molar-refractivity contribution in [2.45, 2.75) is 40.2 Å². The van der Waals surface area contributed by atoms with Gasteiger partial charge >= 0.3 is 6.09 Å². The Labute approximate surface area is 85.7 Å². The number of amides is 1. The van der Waals surface area contributed by atoms with Gasteiger partial charge in [0.2, 0.25) is 0 Å². The van der Waals surface area contributed by atoms with E-state index in [2.05, 4.69) is 13.8 Å². The maximum atomic E-state index is 11.5. The van der Waals surface area contributed by atoms with Crippen LogP contribution >= 0.6 is 0 Å². The van der Waals surface area contributed by atoms with E-state index < -0.39 is 0 Å². The summed E-state index contributed by atoms with van der Waals surface area (Å²) in [6.07, 6.45) is 0.751. The van der Waals surface area contributed by atoms with Crippen molar-refractivity contribution in [1.29, 1.82) is 0 Å². The molecule has 1 heterocycles. The van der Waals surface area contributed by atoms with Crippen LogP contribution in [-0.2, 0) is 4.74 Å². The second-order valence-corrected chi connectivity index (χ2v) is 4.16. The Morgan fingerprint density at radius 1 is 1.36 bits per heavy atom. The topological polar surface area (TPSA) is 29.5 Å². The minimum Gasteiger partial charge on any atom is -0.447 e. The molecular formula is C11H19NO2. The van der Waals surface area contributed by atoms with E-state index in [-0.39, 0.29) is 12.2 Å². The molecule has 1 aliphatic heterocycles. The first kappa shape index (κ1) is 11.1. The highest BCUT2D eigenvalue weighted by molar-refractivity contribution is 5.68. The average molecular weight is 197 g/mol. The molecule has 0 aromatic heterocycles. The molecule has 80 valence electrons. The van der Waals surface area contributed by atoms with Crippen LogP contribution in [0.3, 0.4) is 0 Å². The molecule has 14 heavy (non-hydrogen) atoms. The zero-order valence-corrected chi connectivity index (χ0v) is 9.46. The highest BCUT2D eigenvalue weighted by atomic mass is 16.6. The van der Waals surface area contributed by atoms with Crippen molar-refractivity contribution in [3.05, 3.63) is 11.1 Å². The lowest BCUT2D eigenvalue weighted by molar-refractivity contribution is 0.0782. The maximum Gasteiger partial charge on any atom is 0.410 e. The third-order valence-corrected chi connectivity index (χ3v) is 2.51. The van der Waals surface area contributed by atoms with Crippen molar-refractivity contribution in [3.63, 3.8) is 0 Å². The van der Waals surface area contributed by atoms with Crippen LogP contribution in [0.5, 0.6) is 0 Å². The second-order valence-electron chi connectivity index (χ2n) is 4.16. The summed E-state index contributed by atoms with van der Waals surface area (Å²) in [5.41, 5.74) is 2.69. The van der Waals surface area contributed by atoms with Crippen molar-refractivity contribution in [3.8, 4) is 0 Å². The molecular weight excluding hydrogens is 178 g/mol. The summed E-state index contributed by atoms with van der Waals surface area (Å²) in [6, 6.07) is 0. The van der Waals surface area contributed by atoms with Crippen LogP contribution in [0.2, 0.25) is 0 Å². The number of rotatable bonds is 1. The van der Waals surface area contributed by atoms with E-state index >= 15 is 0 Å². The van der Waals surface area contributed by atoms with Gasteiger partial charge in [0.25, 0.3) is 0 Å². The monoisotopic (exact) mass is 197 g/mol. The first-order valence-electron chi connectivity index (χ1n) is 5.11. The molecule has 0 saturated carbocycles. The van der Waals surface area contributed by atoms with Crippen molar-refractivity contribution in [1.82, 2.24) is 4.90 Å². The third kappa shape index (κ3) is 2.76. The molecule has 0 saturated heterocycles. The number of hydrogen-bond acceptors (Lipinski definition) is 2. The van der Waals surface area contributed by atoms with Crippen LogP contribution in [0, 0.1) is 0 Å². The van der Waals surface area contributed by atoms with Gasteiger partial charge in [0.05, 0.1) is 6.10 Å². The molecule has 0 fully saturated rings. The van der Waals surface area contributed by atoms with E-state index in [4.69, 9.17) is 4.74 Å². The van der Waals surface area contributed by atoms with Crippen LogP contribution in [0.1, 0.15) is 34.1 Å². The molecule has 1 aliphatic rings. The van der Waals surface area contributed by atoms with Crippen LogP contribution in [0.15, 0.2) is 11.1 Å². The Hall–Kier alpha value is -0.990. The van der Waals surface area contributed by atoms with Gasteiger partial charge in [-0.1, -0.05) is 11.1 Å². The minimum atomic E-state index is -0.188. The molecule has 0 aliphatic carbocycles. The smallest absolute Gasteiger partial charge is 0.410 e. The average Bonchev–Trinajstić information content (AvgIpc) is 2.08. The van der Waals surface area contributed by atoms with E-state index in [1.54, 1.807) is 4.90 Å². The molecule has 1 rings (SSSR count). The van der Waals surface area contributed by atoms with Crippen LogP contribution in [0.4, 0.5) is 4.79 Å². The van der Waals surface area contributed by atoms with Gasteiger partial charge < -0.3 is 9.64 Å². The van der Waals surface area contributed by atoms with E-state index in [1.807, 2.05) is 13.8 Å². The summed E-state index contributed by atoms with van der Waals surface area (Å²) in [5, 5.41) is 0. The lowest BCUT2D eigenvalue weighted by Crippen LogP contribution is -2.37. The van der Waals surface area contributed by atoms with Gasteiger partial charge in [-0.25, -0.2) is 4.79 Å². The Bertz CT molecular complexity index is 256. The Morgan fingerprint density at radius 3 is 2.50 bits per heavy atom. The van der Waals surface area contributed by atoms with Gasteiger partial charge in [0, 0.05) is 13.1 Å². The van der Waals surface area contributed by atoms with Gasteiger partial charge in [-0.2, -0.15) is 0 Å². The van der Waals surface area contributed by atoms with Gasteiger partial charge in [0.1, 0.15) is 0 Å². The van der Waals surface area contributed by atoms with Crippen molar-refractivity contribution in [2.75, 3.05) is 13.1 Å². The van der Waals surface area contributed by atoms with E-state index in [9.17, 15) is 4.79 Å². The van der Waals surface area contributed by atoms with E-state index in [1.165, 1.54) is 11.1 Å².